The number of benzene rings is 2. The highest BCUT2D eigenvalue weighted by molar-refractivity contribution is 5.82. The molecule has 2 aromatic carbocycles. The highest BCUT2D eigenvalue weighted by Crippen LogP contribution is 2.49. The van der Waals surface area contributed by atoms with Gasteiger partial charge in [-0.2, -0.15) is 0 Å². The first-order valence-corrected chi connectivity index (χ1v) is 11.4. The molecule has 11 nitrogen and oxygen atoms in total. The van der Waals surface area contributed by atoms with Crippen LogP contribution in [0.25, 0.3) is 5.69 Å². The Kier molecular flexibility index (Phi) is 6.15. The van der Waals surface area contributed by atoms with E-state index >= 15 is 0 Å². The van der Waals surface area contributed by atoms with Gasteiger partial charge in [0.1, 0.15) is 11.3 Å². The summed E-state index contributed by atoms with van der Waals surface area (Å²) in [7, 11) is 5.03. The molecule has 36 heavy (non-hydrogen) atoms. The normalized spacial score (nSPS) is 16.8. The number of hydrogen-bond donors (Lipinski definition) is 2. The molecule has 1 unspecified atom stereocenters. The highest BCUT2D eigenvalue weighted by Gasteiger charge is 2.33. The fourth-order valence-electron chi connectivity index (χ4n) is 4.69. The fraction of sp³-hybridized carbons (Fsp3) is 0.320. The zero-order valence-electron chi connectivity index (χ0n) is 20.1. The first-order valence-electron chi connectivity index (χ1n) is 11.4. The van der Waals surface area contributed by atoms with E-state index < -0.39 is 17.1 Å². The van der Waals surface area contributed by atoms with Gasteiger partial charge < -0.3 is 24.1 Å². The molecule has 0 saturated heterocycles. The third-order valence-corrected chi connectivity index (χ3v) is 6.49. The minimum Gasteiger partial charge on any atom is -0.495 e. The monoisotopic (exact) mass is 494 g/mol. The summed E-state index contributed by atoms with van der Waals surface area (Å²) in [6.07, 6.45) is 2.09. The number of nitrogens with zero attached hydrogens (tertiary/aromatic N) is 3. The topological polar surface area (TPSA) is 128 Å². The van der Waals surface area contributed by atoms with Gasteiger partial charge >= 0.3 is 5.69 Å². The first-order chi connectivity index (χ1) is 17.4. The van der Waals surface area contributed by atoms with Crippen LogP contribution in [-0.2, 0) is 6.42 Å². The van der Waals surface area contributed by atoms with Crippen LogP contribution in [0, 0.1) is 0 Å². The largest absolute Gasteiger partial charge is 0.495 e. The van der Waals surface area contributed by atoms with Crippen molar-refractivity contribution in [3.63, 3.8) is 0 Å². The molecule has 3 aromatic rings. The van der Waals surface area contributed by atoms with E-state index in [2.05, 4.69) is 14.9 Å². The Morgan fingerprint density at radius 3 is 2.81 bits per heavy atom. The van der Waals surface area contributed by atoms with Crippen LogP contribution in [-0.4, -0.2) is 66.9 Å². The van der Waals surface area contributed by atoms with Crippen LogP contribution in [0.15, 0.2) is 44.9 Å². The SMILES string of the molecule is COc1ccccc1-n1c(O)c(C=NCC2c3c(cc4c(c3OC)OCO4)CCN2C)c(=O)[nH]c1=O. The van der Waals surface area contributed by atoms with Crippen LogP contribution in [0.4, 0.5) is 0 Å². The summed E-state index contributed by atoms with van der Waals surface area (Å²) in [4.78, 5) is 34.0. The second-order valence-corrected chi connectivity index (χ2v) is 8.46. The molecule has 3 heterocycles. The molecule has 2 aliphatic rings. The number of hydrogen-bond acceptors (Lipinski definition) is 9. The zero-order valence-corrected chi connectivity index (χ0v) is 20.1. The van der Waals surface area contributed by atoms with Gasteiger partial charge in [0.25, 0.3) is 5.56 Å². The van der Waals surface area contributed by atoms with Crippen LogP contribution in [0.2, 0.25) is 0 Å². The van der Waals surface area contributed by atoms with Gasteiger partial charge in [0.05, 0.1) is 32.5 Å². The Morgan fingerprint density at radius 2 is 2.03 bits per heavy atom. The number of fused-ring (bicyclic) bond motifs is 2. The number of nitrogens with one attached hydrogen (secondary N) is 1. The lowest BCUT2D eigenvalue weighted by Crippen LogP contribution is -2.34. The number of aliphatic imine (C=N–C) groups is 1. The summed E-state index contributed by atoms with van der Waals surface area (Å²) in [6.45, 7) is 1.20. The summed E-state index contributed by atoms with van der Waals surface area (Å²) in [5.41, 5.74) is 0.642. The molecule has 1 atom stereocenters. The smallest absolute Gasteiger partial charge is 0.335 e. The predicted octanol–water partition coefficient (Wildman–Crippen LogP) is 1.63. The average Bonchev–Trinajstić information content (AvgIpc) is 3.34. The lowest BCUT2D eigenvalue weighted by molar-refractivity contribution is 0.170. The second-order valence-electron chi connectivity index (χ2n) is 8.46. The molecule has 0 spiro atoms. The van der Waals surface area contributed by atoms with E-state index in [0.717, 1.165) is 28.7 Å². The van der Waals surface area contributed by atoms with Crippen molar-refractivity contribution < 1.29 is 24.1 Å². The van der Waals surface area contributed by atoms with Crippen LogP contribution in [0.3, 0.4) is 0 Å². The van der Waals surface area contributed by atoms with Crippen molar-refractivity contribution in [2.45, 2.75) is 12.5 Å². The van der Waals surface area contributed by atoms with Crippen molar-refractivity contribution >= 4 is 6.21 Å². The summed E-state index contributed by atoms with van der Waals surface area (Å²) in [6, 6.07) is 8.48. The maximum atomic E-state index is 12.6. The van der Waals surface area contributed by atoms with E-state index in [4.69, 9.17) is 18.9 Å². The molecule has 5 rings (SSSR count). The van der Waals surface area contributed by atoms with Gasteiger partial charge in [0.2, 0.25) is 18.4 Å². The van der Waals surface area contributed by atoms with E-state index in [0.29, 0.717) is 23.0 Å². The number of H-pyrrole nitrogens is 1. The number of para-hydroxylation sites is 2. The molecule has 0 radical (unpaired) electrons. The number of methoxy groups -OCH3 is 2. The third kappa shape index (κ3) is 3.87. The molecule has 0 fully saturated rings. The molecule has 1 aromatic heterocycles. The van der Waals surface area contributed by atoms with Gasteiger partial charge in [-0.05, 0) is 37.2 Å². The van der Waals surface area contributed by atoms with Gasteiger partial charge in [0, 0.05) is 18.3 Å². The lowest BCUT2D eigenvalue weighted by Gasteiger charge is -2.35. The van der Waals surface area contributed by atoms with Crippen LogP contribution >= 0.6 is 0 Å². The third-order valence-electron chi connectivity index (χ3n) is 6.49. The predicted molar refractivity (Wildman–Crippen MR) is 132 cm³/mol. The summed E-state index contributed by atoms with van der Waals surface area (Å²) in [5, 5.41) is 10.9. The molecule has 0 amide bonds. The zero-order chi connectivity index (χ0) is 25.4. The van der Waals surface area contributed by atoms with Crippen molar-refractivity contribution in [2.24, 2.45) is 4.99 Å². The van der Waals surface area contributed by atoms with Gasteiger partial charge in [-0.25, -0.2) is 9.36 Å². The van der Waals surface area contributed by atoms with Gasteiger partial charge in [-0.15, -0.1) is 0 Å². The number of rotatable bonds is 6. The molecule has 2 N–H and O–H groups in total. The first kappa shape index (κ1) is 23.5. The number of likely N-dealkylation sites (N-methyl/N-ethyl adjacent to an activating group) is 1. The Bertz CT molecular complexity index is 1460. The van der Waals surface area contributed by atoms with Crippen molar-refractivity contribution in [1.29, 1.82) is 0 Å². The van der Waals surface area contributed by atoms with Crippen molar-refractivity contribution in [3.05, 3.63) is 67.9 Å². The van der Waals surface area contributed by atoms with E-state index in [1.165, 1.54) is 13.3 Å². The summed E-state index contributed by atoms with van der Waals surface area (Å²) >= 11 is 0. The molecule has 188 valence electrons. The molecular weight excluding hydrogens is 468 g/mol. The second kappa shape index (κ2) is 9.42. The fourth-order valence-corrected chi connectivity index (χ4v) is 4.69. The van der Waals surface area contributed by atoms with Gasteiger partial charge in [-0.3, -0.25) is 19.7 Å². The Hall–Kier alpha value is -4.25. The number of aromatic nitrogens is 2. The Labute approximate surface area is 206 Å². The Balaban J connectivity index is 1.52. The lowest BCUT2D eigenvalue weighted by atomic mass is 9.91. The highest BCUT2D eigenvalue weighted by atomic mass is 16.7. The molecule has 11 heteroatoms. The van der Waals surface area contributed by atoms with E-state index in [1.807, 2.05) is 13.1 Å². The molecule has 2 aliphatic heterocycles. The van der Waals surface area contributed by atoms with Crippen molar-refractivity contribution in [2.75, 3.05) is 41.1 Å². The van der Waals surface area contributed by atoms with Crippen LogP contribution in [0.5, 0.6) is 28.9 Å². The average molecular weight is 495 g/mol. The van der Waals surface area contributed by atoms with E-state index in [1.54, 1.807) is 31.4 Å². The van der Waals surface area contributed by atoms with Crippen molar-refractivity contribution in [1.82, 2.24) is 14.5 Å². The molecular formula is C25H26N4O7. The number of aromatic amines is 1. The maximum Gasteiger partial charge on any atom is 0.335 e. The van der Waals surface area contributed by atoms with Gasteiger partial charge in [-0.1, -0.05) is 12.1 Å². The van der Waals surface area contributed by atoms with Crippen LogP contribution in [0.1, 0.15) is 22.7 Å². The summed E-state index contributed by atoms with van der Waals surface area (Å²) in [5.74, 6) is 1.66. The van der Waals surface area contributed by atoms with E-state index in [-0.39, 0.29) is 30.6 Å². The maximum absolute atomic E-state index is 12.6. The molecule has 0 saturated carbocycles. The van der Waals surface area contributed by atoms with Crippen molar-refractivity contribution in [3.8, 4) is 34.6 Å². The van der Waals surface area contributed by atoms with Gasteiger partial charge in [0.15, 0.2) is 11.5 Å². The molecule has 0 bridgehead atoms. The van der Waals surface area contributed by atoms with E-state index in [9.17, 15) is 14.7 Å². The Morgan fingerprint density at radius 1 is 1.22 bits per heavy atom. The minimum atomic E-state index is -0.791. The minimum absolute atomic E-state index is 0.136. The molecule has 0 aliphatic carbocycles. The van der Waals surface area contributed by atoms with Crippen LogP contribution < -0.4 is 30.2 Å². The number of aromatic hydroxyl groups is 1. The number of ether oxygens (including phenoxy) is 4. The standard InChI is InChI=1S/C25H26N4O7/c1-28-9-8-14-10-19-21(36-13-35-19)22(34-3)20(14)17(28)12-26-11-15-23(30)27-25(32)29(24(15)31)16-6-4-5-7-18(16)33-2/h4-7,10-11,17,31H,8-9,12-13H2,1-3H3,(H,27,30,32). The quantitative estimate of drug-likeness (QED) is 0.495. The summed E-state index contributed by atoms with van der Waals surface area (Å²) < 4.78 is 23.2.